The molecule has 1 N–H and O–H groups in total. The molecule has 1 aromatic rings. The zero-order valence-corrected chi connectivity index (χ0v) is 10.4. The summed E-state index contributed by atoms with van der Waals surface area (Å²) in [5.41, 5.74) is 4.40. The zero-order valence-electron chi connectivity index (χ0n) is 8.81. The van der Waals surface area contributed by atoms with Crippen molar-refractivity contribution in [2.24, 2.45) is 5.92 Å². The first-order chi connectivity index (χ1) is 7.18. The number of benzene rings is 1. The fraction of sp³-hybridized carbons (Fsp3) is 0.364. The number of nitrogens with one attached hydrogen (secondary N) is 1. The molecule has 1 aliphatic heterocycles. The van der Waals surface area contributed by atoms with Crippen molar-refractivity contribution in [1.29, 1.82) is 0 Å². The predicted molar refractivity (Wildman–Crippen MR) is 70.9 cm³/mol. The first-order valence-corrected chi connectivity index (χ1v) is 6.29. The molecule has 1 aliphatic rings. The van der Waals surface area contributed by atoms with Gasteiger partial charge in [-0.1, -0.05) is 56.0 Å². The standard InChI is InChI=1S/C11H14N2S2/c1-8(2)10-13(12-11(14)15-10)9-6-4-3-5-7-9/h3-8,10H,1-2H3,(H,12,14). The van der Waals surface area contributed by atoms with Crippen LogP contribution in [-0.4, -0.2) is 9.69 Å². The van der Waals surface area contributed by atoms with Gasteiger partial charge in [-0.3, -0.25) is 10.4 Å². The lowest BCUT2D eigenvalue weighted by molar-refractivity contribution is 0.571. The quantitative estimate of drug-likeness (QED) is 0.796. The van der Waals surface area contributed by atoms with Gasteiger partial charge < -0.3 is 0 Å². The summed E-state index contributed by atoms with van der Waals surface area (Å²) in [6, 6.07) is 10.3. The van der Waals surface area contributed by atoms with Gasteiger partial charge in [-0.15, -0.1) is 0 Å². The first-order valence-electron chi connectivity index (χ1n) is 5.00. The van der Waals surface area contributed by atoms with Crippen molar-refractivity contribution in [3.63, 3.8) is 0 Å². The van der Waals surface area contributed by atoms with Gasteiger partial charge in [-0.2, -0.15) is 0 Å². The van der Waals surface area contributed by atoms with Gasteiger partial charge in [0, 0.05) is 0 Å². The van der Waals surface area contributed by atoms with Gasteiger partial charge in [-0.05, 0) is 18.1 Å². The van der Waals surface area contributed by atoms with E-state index in [9.17, 15) is 0 Å². The molecule has 1 atom stereocenters. The number of hydrogen-bond donors (Lipinski definition) is 1. The highest BCUT2D eigenvalue weighted by Crippen LogP contribution is 2.32. The van der Waals surface area contributed by atoms with Gasteiger partial charge in [0.25, 0.3) is 0 Å². The maximum Gasteiger partial charge on any atom is 0.154 e. The summed E-state index contributed by atoms with van der Waals surface area (Å²) in [5.74, 6) is 0.558. The van der Waals surface area contributed by atoms with Crippen LogP contribution in [0.3, 0.4) is 0 Å². The van der Waals surface area contributed by atoms with Crippen molar-refractivity contribution < 1.29 is 0 Å². The number of para-hydroxylation sites is 1. The molecule has 0 spiro atoms. The van der Waals surface area contributed by atoms with E-state index in [1.807, 2.05) is 18.2 Å². The summed E-state index contributed by atoms with van der Waals surface area (Å²) in [4.78, 5) is 0. The number of hydrogen-bond acceptors (Lipinski definition) is 3. The van der Waals surface area contributed by atoms with E-state index in [1.54, 1.807) is 11.8 Å². The Morgan fingerprint density at radius 2 is 2.00 bits per heavy atom. The van der Waals surface area contributed by atoms with Crippen LogP contribution in [-0.2, 0) is 0 Å². The fourth-order valence-electron chi connectivity index (χ4n) is 1.58. The number of hydrazine groups is 1. The van der Waals surface area contributed by atoms with Crippen LogP contribution < -0.4 is 10.4 Å². The minimum absolute atomic E-state index is 0.389. The molecule has 2 nitrogen and oxygen atoms in total. The van der Waals surface area contributed by atoms with E-state index in [0.29, 0.717) is 11.3 Å². The molecule has 0 radical (unpaired) electrons. The molecule has 1 unspecified atom stereocenters. The summed E-state index contributed by atoms with van der Waals surface area (Å²) in [6.07, 6.45) is 0. The maximum absolute atomic E-state index is 5.20. The second kappa shape index (κ2) is 4.41. The Kier molecular flexibility index (Phi) is 3.17. The molecule has 1 aromatic carbocycles. The van der Waals surface area contributed by atoms with Gasteiger partial charge in [0.15, 0.2) is 4.32 Å². The third kappa shape index (κ3) is 2.26. The van der Waals surface area contributed by atoms with Crippen molar-refractivity contribution in [2.75, 3.05) is 5.01 Å². The molecule has 2 rings (SSSR count). The summed E-state index contributed by atoms with van der Waals surface area (Å²) in [7, 11) is 0. The summed E-state index contributed by atoms with van der Waals surface area (Å²) < 4.78 is 0.859. The minimum atomic E-state index is 0.389. The second-order valence-corrected chi connectivity index (χ2v) is 5.65. The average molecular weight is 238 g/mol. The Morgan fingerprint density at radius 3 is 2.60 bits per heavy atom. The molecule has 1 heterocycles. The lowest BCUT2D eigenvalue weighted by Gasteiger charge is -2.27. The zero-order chi connectivity index (χ0) is 10.8. The number of anilines is 1. The highest BCUT2D eigenvalue weighted by Gasteiger charge is 2.31. The van der Waals surface area contributed by atoms with E-state index < -0.39 is 0 Å². The molecule has 1 fully saturated rings. The number of nitrogens with zero attached hydrogens (tertiary/aromatic N) is 1. The Balaban J connectivity index is 2.24. The SMILES string of the molecule is CC(C)C1SC(=S)NN1c1ccccc1. The molecular weight excluding hydrogens is 224 g/mol. The van der Waals surface area contributed by atoms with Crippen molar-refractivity contribution in [2.45, 2.75) is 19.2 Å². The van der Waals surface area contributed by atoms with Crippen LogP contribution in [0.1, 0.15) is 13.8 Å². The van der Waals surface area contributed by atoms with Crippen LogP contribution in [0.5, 0.6) is 0 Å². The monoisotopic (exact) mass is 238 g/mol. The van der Waals surface area contributed by atoms with Gasteiger partial charge in [0.05, 0.1) is 5.69 Å². The molecule has 0 amide bonds. The Labute approximate surface area is 100 Å². The molecule has 4 heteroatoms. The molecule has 0 aliphatic carbocycles. The smallest absolute Gasteiger partial charge is 0.154 e. The Hall–Kier alpha value is -0.740. The van der Waals surface area contributed by atoms with Gasteiger partial charge in [0.2, 0.25) is 0 Å². The van der Waals surface area contributed by atoms with Crippen molar-refractivity contribution >= 4 is 34.0 Å². The van der Waals surface area contributed by atoms with Crippen LogP contribution in [0.4, 0.5) is 5.69 Å². The van der Waals surface area contributed by atoms with Crippen LogP contribution >= 0.6 is 24.0 Å². The van der Waals surface area contributed by atoms with Crippen LogP contribution in [0.25, 0.3) is 0 Å². The Bertz CT molecular complexity index is 351. The van der Waals surface area contributed by atoms with Crippen molar-refractivity contribution in [1.82, 2.24) is 5.43 Å². The highest BCUT2D eigenvalue weighted by atomic mass is 32.2. The van der Waals surface area contributed by atoms with E-state index >= 15 is 0 Å². The molecule has 0 aromatic heterocycles. The fourth-order valence-corrected chi connectivity index (χ4v) is 2.90. The normalized spacial score (nSPS) is 20.9. The summed E-state index contributed by atoms with van der Waals surface area (Å²) in [6.45, 7) is 4.42. The number of thioether (sulfide) groups is 1. The van der Waals surface area contributed by atoms with E-state index in [1.165, 1.54) is 5.69 Å². The minimum Gasteiger partial charge on any atom is -0.281 e. The molecule has 1 saturated heterocycles. The van der Waals surface area contributed by atoms with E-state index in [4.69, 9.17) is 12.2 Å². The molecule has 15 heavy (non-hydrogen) atoms. The highest BCUT2D eigenvalue weighted by molar-refractivity contribution is 8.23. The first kappa shape index (κ1) is 10.8. The lowest BCUT2D eigenvalue weighted by Crippen LogP contribution is -2.40. The second-order valence-electron chi connectivity index (χ2n) is 3.86. The lowest BCUT2D eigenvalue weighted by atomic mass is 10.2. The van der Waals surface area contributed by atoms with E-state index in [2.05, 4.69) is 36.4 Å². The summed E-state index contributed by atoms with van der Waals surface area (Å²) in [5, 5.41) is 2.54. The molecule has 0 bridgehead atoms. The van der Waals surface area contributed by atoms with Gasteiger partial charge in [0.1, 0.15) is 5.37 Å². The maximum atomic E-state index is 5.20. The number of rotatable bonds is 2. The van der Waals surface area contributed by atoms with Gasteiger partial charge >= 0.3 is 0 Å². The summed E-state index contributed by atoms with van der Waals surface area (Å²) >= 11 is 6.93. The molecule has 0 saturated carbocycles. The van der Waals surface area contributed by atoms with Crippen LogP contribution in [0, 0.1) is 5.92 Å². The molecule has 80 valence electrons. The van der Waals surface area contributed by atoms with Crippen LogP contribution in [0.15, 0.2) is 30.3 Å². The largest absolute Gasteiger partial charge is 0.281 e. The van der Waals surface area contributed by atoms with Crippen molar-refractivity contribution in [3.05, 3.63) is 30.3 Å². The topological polar surface area (TPSA) is 15.3 Å². The van der Waals surface area contributed by atoms with Crippen LogP contribution in [0.2, 0.25) is 0 Å². The van der Waals surface area contributed by atoms with Gasteiger partial charge in [-0.25, -0.2) is 0 Å². The predicted octanol–water partition coefficient (Wildman–Crippen LogP) is 3.01. The Morgan fingerprint density at radius 1 is 1.33 bits per heavy atom. The third-order valence-electron chi connectivity index (χ3n) is 2.30. The average Bonchev–Trinajstić information content (AvgIpc) is 2.62. The number of thiocarbonyl (C=S) groups is 1. The molecular formula is C11H14N2S2. The van der Waals surface area contributed by atoms with E-state index in [0.717, 1.165) is 4.32 Å². The van der Waals surface area contributed by atoms with Crippen molar-refractivity contribution in [3.8, 4) is 0 Å². The van der Waals surface area contributed by atoms with E-state index in [-0.39, 0.29) is 0 Å². The third-order valence-corrected chi connectivity index (χ3v) is 3.98.